The lowest BCUT2D eigenvalue weighted by Crippen LogP contribution is -2.38. The van der Waals surface area contributed by atoms with E-state index in [1.54, 1.807) is 73.7 Å². The van der Waals surface area contributed by atoms with Crippen LogP contribution in [0.4, 0.5) is 17.1 Å². The summed E-state index contributed by atoms with van der Waals surface area (Å²) in [5.41, 5.74) is 2.68. The summed E-state index contributed by atoms with van der Waals surface area (Å²) in [5.74, 6) is 0.497. The Morgan fingerprint density at radius 1 is 0.667 bits per heavy atom. The molecule has 0 aliphatic rings. The quantitative estimate of drug-likeness (QED) is 0.165. The van der Waals surface area contributed by atoms with Gasteiger partial charge in [-0.05, 0) is 98.3 Å². The van der Waals surface area contributed by atoms with Crippen LogP contribution in [0.3, 0.4) is 0 Å². The van der Waals surface area contributed by atoms with E-state index in [0.29, 0.717) is 22.9 Å². The zero-order chi connectivity index (χ0) is 32.0. The highest BCUT2D eigenvalue weighted by atomic mass is 32.2. The van der Waals surface area contributed by atoms with E-state index in [0.717, 1.165) is 15.4 Å². The van der Waals surface area contributed by atoms with Crippen molar-refractivity contribution in [3.63, 3.8) is 0 Å². The third-order valence-corrected chi connectivity index (χ3v) is 10.0. The first kappa shape index (κ1) is 31.3. The van der Waals surface area contributed by atoms with E-state index >= 15 is 0 Å². The normalized spacial score (nSPS) is 11.4. The van der Waals surface area contributed by atoms with Gasteiger partial charge in [-0.15, -0.1) is 0 Å². The number of hydrogen-bond donors (Lipinski definition) is 2. The number of aryl methyl sites for hydroxylation is 2. The van der Waals surface area contributed by atoms with Gasteiger partial charge in [0.15, 0.2) is 0 Å². The Kier molecular flexibility index (Phi) is 9.21. The van der Waals surface area contributed by atoms with Gasteiger partial charge in [0, 0.05) is 5.69 Å². The molecule has 0 unspecified atom stereocenters. The number of nitrogens with one attached hydrogen (secondary N) is 2. The second-order valence-electron chi connectivity index (χ2n) is 10.2. The number of hydrogen-bond acceptors (Lipinski definition) is 6. The molecule has 5 rings (SSSR count). The molecule has 230 valence electrons. The SMILES string of the molecule is Cc1ccc(S(=O)(=O)N(CC(=O)Nc2ccc(S(=O)(=O)Nc3ccccc3C)cc2)c2ccc(Oc3ccccc3)cc2)cc1. The molecule has 0 heterocycles. The highest BCUT2D eigenvalue weighted by Gasteiger charge is 2.27. The monoisotopic (exact) mass is 641 g/mol. The van der Waals surface area contributed by atoms with E-state index in [2.05, 4.69) is 10.0 Å². The smallest absolute Gasteiger partial charge is 0.264 e. The maximum Gasteiger partial charge on any atom is 0.264 e. The fraction of sp³-hybridized carbons (Fsp3) is 0.0882. The van der Waals surface area contributed by atoms with Crippen LogP contribution in [-0.4, -0.2) is 29.3 Å². The van der Waals surface area contributed by atoms with Crippen molar-refractivity contribution in [1.82, 2.24) is 0 Å². The van der Waals surface area contributed by atoms with Gasteiger partial charge >= 0.3 is 0 Å². The van der Waals surface area contributed by atoms with Crippen molar-refractivity contribution in [3.8, 4) is 11.5 Å². The standard InChI is InChI=1S/C34H31N3O6S2/c1-25-12-20-32(21-13-25)45(41,42)37(28-16-18-30(19-17-28)43-29-9-4-3-5-10-29)24-34(38)35-27-14-22-31(23-15-27)44(39,40)36-33-11-7-6-8-26(33)2/h3-23,36H,24H2,1-2H3,(H,35,38). The molecule has 0 fully saturated rings. The van der Waals surface area contributed by atoms with Crippen molar-refractivity contribution in [2.45, 2.75) is 23.6 Å². The first-order valence-electron chi connectivity index (χ1n) is 13.9. The van der Waals surface area contributed by atoms with Crippen LogP contribution < -0.4 is 19.1 Å². The minimum Gasteiger partial charge on any atom is -0.457 e. The van der Waals surface area contributed by atoms with Crippen molar-refractivity contribution in [2.75, 3.05) is 20.9 Å². The Balaban J connectivity index is 1.35. The van der Waals surface area contributed by atoms with Crippen molar-refractivity contribution in [2.24, 2.45) is 0 Å². The van der Waals surface area contributed by atoms with Gasteiger partial charge in [0.2, 0.25) is 5.91 Å². The number of para-hydroxylation sites is 2. The molecule has 5 aromatic carbocycles. The lowest BCUT2D eigenvalue weighted by molar-refractivity contribution is -0.114. The summed E-state index contributed by atoms with van der Waals surface area (Å²) in [7, 11) is -8.02. The average Bonchev–Trinajstić information content (AvgIpc) is 3.02. The number of ether oxygens (including phenoxy) is 1. The van der Waals surface area contributed by atoms with Gasteiger partial charge in [-0.3, -0.25) is 13.8 Å². The molecule has 0 aromatic heterocycles. The lowest BCUT2D eigenvalue weighted by Gasteiger charge is -2.24. The number of anilines is 3. The van der Waals surface area contributed by atoms with E-state index in [1.165, 1.54) is 36.4 Å². The Morgan fingerprint density at radius 3 is 1.89 bits per heavy atom. The number of carbonyl (C=O) groups is 1. The lowest BCUT2D eigenvalue weighted by atomic mass is 10.2. The molecular weight excluding hydrogens is 611 g/mol. The molecule has 9 nitrogen and oxygen atoms in total. The topological polar surface area (TPSA) is 122 Å². The molecule has 0 spiro atoms. The van der Waals surface area contributed by atoms with Gasteiger partial charge in [0.25, 0.3) is 20.0 Å². The molecule has 0 aliphatic carbocycles. The van der Waals surface area contributed by atoms with Crippen LogP contribution in [0, 0.1) is 13.8 Å². The van der Waals surface area contributed by atoms with Gasteiger partial charge < -0.3 is 10.1 Å². The number of sulfonamides is 2. The van der Waals surface area contributed by atoms with Gasteiger partial charge in [0.1, 0.15) is 18.0 Å². The second kappa shape index (κ2) is 13.2. The Bertz CT molecular complexity index is 2000. The summed E-state index contributed by atoms with van der Waals surface area (Å²) in [6, 6.07) is 34.5. The molecule has 1 amide bonds. The summed E-state index contributed by atoms with van der Waals surface area (Å²) >= 11 is 0. The Hall–Kier alpha value is -5.13. The van der Waals surface area contributed by atoms with E-state index in [9.17, 15) is 21.6 Å². The molecule has 0 atom stereocenters. The summed E-state index contributed by atoms with van der Waals surface area (Å²) in [5, 5.41) is 2.67. The third-order valence-electron chi connectivity index (χ3n) is 6.84. The zero-order valence-electron chi connectivity index (χ0n) is 24.5. The molecule has 0 bridgehead atoms. The molecule has 45 heavy (non-hydrogen) atoms. The van der Waals surface area contributed by atoms with Crippen molar-refractivity contribution in [1.29, 1.82) is 0 Å². The highest BCUT2D eigenvalue weighted by Crippen LogP contribution is 2.28. The van der Waals surface area contributed by atoms with E-state index < -0.39 is 32.5 Å². The molecule has 0 saturated heterocycles. The first-order valence-corrected chi connectivity index (χ1v) is 16.8. The van der Waals surface area contributed by atoms with Crippen LogP contribution in [0.5, 0.6) is 11.5 Å². The van der Waals surface area contributed by atoms with Crippen LogP contribution >= 0.6 is 0 Å². The molecule has 0 aliphatic heterocycles. The second-order valence-corrected chi connectivity index (χ2v) is 13.8. The molecule has 11 heteroatoms. The van der Waals surface area contributed by atoms with E-state index in [1.807, 2.05) is 31.2 Å². The number of nitrogens with zero attached hydrogens (tertiary/aromatic N) is 1. The fourth-order valence-electron chi connectivity index (χ4n) is 4.40. The predicted molar refractivity (Wildman–Crippen MR) is 176 cm³/mol. The largest absolute Gasteiger partial charge is 0.457 e. The van der Waals surface area contributed by atoms with Crippen LogP contribution in [-0.2, 0) is 24.8 Å². The minimum absolute atomic E-state index is 0.00476. The van der Waals surface area contributed by atoms with Crippen LogP contribution in [0.25, 0.3) is 0 Å². The van der Waals surface area contributed by atoms with Gasteiger partial charge in [-0.2, -0.15) is 0 Å². The Labute approximate surface area is 263 Å². The van der Waals surface area contributed by atoms with Crippen molar-refractivity contribution in [3.05, 3.63) is 139 Å². The maximum absolute atomic E-state index is 13.8. The van der Waals surface area contributed by atoms with Crippen molar-refractivity contribution >= 4 is 43.0 Å². The van der Waals surface area contributed by atoms with Gasteiger partial charge in [-0.25, -0.2) is 16.8 Å². The summed E-state index contributed by atoms with van der Waals surface area (Å²) in [6.07, 6.45) is 0. The van der Waals surface area contributed by atoms with Crippen LogP contribution in [0.2, 0.25) is 0 Å². The highest BCUT2D eigenvalue weighted by molar-refractivity contribution is 7.93. The minimum atomic E-state index is -4.15. The van der Waals surface area contributed by atoms with Gasteiger partial charge in [-0.1, -0.05) is 54.1 Å². The third kappa shape index (κ3) is 7.69. The van der Waals surface area contributed by atoms with Crippen LogP contribution in [0.15, 0.2) is 137 Å². The number of benzene rings is 5. The van der Waals surface area contributed by atoms with Crippen LogP contribution in [0.1, 0.15) is 11.1 Å². The molecular formula is C34H31N3O6S2. The van der Waals surface area contributed by atoms with E-state index in [4.69, 9.17) is 4.74 Å². The molecule has 2 N–H and O–H groups in total. The summed E-state index contributed by atoms with van der Waals surface area (Å²) in [6.45, 7) is 3.11. The summed E-state index contributed by atoms with van der Waals surface area (Å²) < 4.78 is 62.8. The zero-order valence-corrected chi connectivity index (χ0v) is 26.2. The molecule has 0 radical (unpaired) electrons. The maximum atomic E-state index is 13.8. The molecule has 5 aromatic rings. The number of amides is 1. The summed E-state index contributed by atoms with van der Waals surface area (Å²) in [4.78, 5) is 13.3. The molecule has 0 saturated carbocycles. The first-order chi connectivity index (χ1) is 21.5. The van der Waals surface area contributed by atoms with Crippen molar-refractivity contribution < 1.29 is 26.4 Å². The predicted octanol–water partition coefficient (Wildman–Crippen LogP) is 6.73. The number of carbonyl (C=O) groups excluding carboxylic acids is 1. The van der Waals surface area contributed by atoms with E-state index in [-0.39, 0.29) is 15.5 Å². The van der Waals surface area contributed by atoms with Gasteiger partial charge in [0.05, 0.1) is 21.2 Å². The Morgan fingerprint density at radius 2 is 1.24 bits per heavy atom. The average molecular weight is 642 g/mol. The fourth-order valence-corrected chi connectivity index (χ4v) is 6.95. The number of rotatable bonds is 11.